The molecule has 0 radical (unpaired) electrons. The Morgan fingerprint density at radius 1 is 0.371 bits per heavy atom. The number of thiophene rings is 1. The average molecular weight is 818 g/mol. The Balaban J connectivity index is 1.15. The van der Waals surface area contributed by atoms with Crippen LogP contribution in [0.25, 0.3) is 87.7 Å². The van der Waals surface area contributed by atoms with E-state index >= 15 is 0 Å². The quantitative estimate of drug-likeness (QED) is 0.161. The SMILES string of the molecule is [2H]c1c([2H])c([2H])c(C2(c3c([2H])c([2H])c([2H])c([2H])c3[2H])c3ccccc3-c3ccc(-c4ccccc4-c4nc(-c5ccccc5-c5ccccc5)nc(-c5cccc6c5sc5ccccc56)n4)cc32)c([2H])c1[2H]. The molecule has 1 aliphatic rings. The number of aromatic nitrogens is 3. The van der Waals surface area contributed by atoms with E-state index in [2.05, 4.69) is 30.3 Å². The van der Waals surface area contributed by atoms with Crippen molar-refractivity contribution in [2.75, 3.05) is 0 Å². The van der Waals surface area contributed by atoms with Gasteiger partial charge in [-0.05, 0) is 73.8 Å². The van der Waals surface area contributed by atoms with Gasteiger partial charge in [0, 0.05) is 36.9 Å². The smallest absolute Gasteiger partial charge is 0.165 e. The third kappa shape index (κ3) is 5.68. The summed E-state index contributed by atoms with van der Waals surface area (Å²) in [5.41, 5.74) is 5.00. The van der Waals surface area contributed by atoms with Crippen LogP contribution in [0.4, 0.5) is 0 Å². The molecule has 4 heteroatoms. The molecule has 0 bridgehead atoms. The zero-order valence-electron chi connectivity index (χ0n) is 42.8. The van der Waals surface area contributed by atoms with Crippen LogP contribution in [-0.4, -0.2) is 15.0 Å². The molecule has 0 amide bonds. The molecule has 290 valence electrons. The van der Waals surface area contributed by atoms with Gasteiger partial charge in [-0.2, -0.15) is 0 Å². The van der Waals surface area contributed by atoms with Crippen LogP contribution >= 0.6 is 11.3 Å². The lowest BCUT2D eigenvalue weighted by Gasteiger charge is -2.34. The number of fused-ring (bicyclic) bond motifs is 6. The number of rotatable bonds is 7. The van der Waals surface area contributed by atoms with Crippen molar-refractivity contribution < 1.29 is 13.7 Å². The molecule has 0 saturated heterocycles. The van der Waals surface area contributed by atoms with Crippen molar-refractivity contribution in [1.29, 1.82) is 0 Å². The first-order chi connectivity index (χ1) is 34.9. The second kappa shape index (κ2) is 14.7. The largest absolute Gasteiger partial charge is 0.208 e. The van der Waals surface area contributed by atoms with Gasteiger partial charge in [0.2, 0.25) is 0 Å². The summed E-state index contributed by atoms with van der Waals surface area (Å²) in [5, 5.41) is 2.22. The van der Waals surface area contributed by atoms with Gasteiger partial charge in [0.25, 0.3) is 0 Å². The van der Waals surface area contributed by atoms with Crippen LogP contribution in [0.5, 0.6) is 0 Å². The maximum absolute atomic E-state index is 9.50. The highest BCUT2D eigenvalue weighted by atomic mass is 32.1. The van der Waals surface area contributed by atoms with Crippen LogP contribution in [0, 0.1) is 0 Å². The van der Waals surface area contributed by atoms with E-state index in [-0.39, 0.29) is 11.1 Å². The van der Waals surface area contributed by atoms with Crippen molar-refractivity contribution in [2.24, 2.45) is 0 Å². The molecule has 1 aliphatic carbocycles. The van der Waals surface area contributed by atoms with Crippen molar-refractivity contribution in [1.82, 2.24) is 15.0 Å². The summed E-state index contributed by atoms with van der Waals surface area (Å²) in [6, 6.07) is 47.0. The number of hydrogen-bond donors (Lipinski definition) is 0. The van der Waals surface area contributed by atoms with Crippen molar-refractivity contribution in [3.8, 4) is 67.5 Å². The van der Waals surface area contributed by atoms with E-state index in [0.29, 0.717) is 56.4 Å². The molecule has 0 atom stereocenters. The molecular weight excluding hydrogens is 771 g/mol. The third-order valence-corrected chi connectivity index (χ3v) is 13.0. The fourth-order valence-corrected chi connectivity index (χ4v) is 10.3. The number of benzene rings is 9. The highest BCUT2D eigenvalue weighted by Crippen LogP contribution is 2.57. The highest BCUT2D eigenvalue weighted by Gasteiger charge is 2.46. The molecule has 2 aromatic heterocycles. The van der Waals surface area contributed by atoms with Gasteiger partial charge in [-0.25, -0.2) is 15.0 Å². The van der Waals surface area contributed by atoms with E-state index in [4.69, 9.17) is 23.2 Å². The van der Waals surface area contributed by atoms with Gasteiger partial charge in [0.15, 0.2) is 17.5 Å². The molecule has 3 nitrogen and oxygen atoms in total. The summed E-state index contributed by atoms with van der Waals surface area (Å²) in [7, 11) is 0. The molecule has 62 heavy (non-hydrogen) atoms. The van der Waals surface area contributed by atoms with Crippen molar-refractivity contribution in [3.63, 3.8) is 0 Å². The molecule has 0 spiro atoms. The summed E-state index contributed by atoms with van der Waals surface area (Å²) in [6.45, 7) is 0. The molecule has 0 aliphatic heterocycles. The van der Waals surface area contributed by atoms with Crippen LogP contribution in [0.2, 0.25) is 0 Å². The van der Waals surface area contributed by atoms with E-state index in [9.17, 15) is 5.48 Å². The van der Waals surface area contributed by atoms with Gasteiger partial charge in [-0.3, -0.25) is 0 Å². The standard InChI is InChI=1S/C58H37N3S/c1-4-19-38(20-5-1)42-25-10-12-29-48(42)55-59-56(61-57(60-55)50-32-18-31-47-46-28-15-17-34-53(46)62-54(47)50)49-30-13-11-26-43(49)39-35-36-45-44-27-14-16-33-51(44)58(52(45)37-39,40-21-6-2-7-22-40)41-23-8-3-9-24-41/h1-37H/i2D,3D,6D,7D,8D,9D,21D,22D,23D,24D. The van der Waals surface area contributed by atoms with Gasteiger partial charge in [-0.1, -0.05) is 206 Å². The maximum atomic E-state index is 9.50. The van der Waals surface area contributed by atoms with Crippen LogP contribution < -0.4 is 0 Å². The first-order valence-corrected chi connectivity index (χ1v) is 21.0. The second-order valence-electron chi connectivity index (χ2n) is 15.1. The fraction of sp³-hybridized carbons (Fsp3) is 0.0172. The molecule has 11 aromatic rings. The molecule has 12 rings (SSSR count). The fourth-order valence-electron chi connectivity index (χ4n) is 9.12. The Kier molecular flexibility index (Phi) is 6.45. The van der Waals surface area contributed by atoms with Crippen molar-refractivity contribution in [2.45, 2.75) is 5.41 Å². The molecular formula is C58H37N3S. The molecule has 0 N–H and O–H groups in total. The van der Waals surface area contributed by atoms with Gasteiger partial charge in [0.05, 0.1) is 19.1 Å². The Morgan fingerprint density at radius 3 is 1.55 bits per heavy atom. The van der Waals surface area contributed by atoms with Gasteiger partial charge < -0.3 is 0 Å². The minimum atomic E-state index is -2.00. The zero-order valence-corrected chi connectivity index (χ0v) is 33.7. The number of nitrogens with zero attached hydrogens (tertiary/aromatic N) is 3. The summed E-state index contributed by atoms with van der Waals surface area (Å²) in [4.78, 5) is 15.9. The minimum absolute atomic E-state index is 0.233. The van der Waals surface area contributed by atoms with Crippen molar-refractivity contribution in [3.05, 3.63) is 246 Å². The first kappa shape index (κ1) is 27.1. The topological polar surface area (TPSA) is 38.7 Å². The lowest BCUT2D eigenvalue weighted by Crippen LogP contribution is -2.28. The normalized spacial score (nSPS) is 14.9. The predicted molar refractivity (Wildman–Crippen MR) is 257 cm³/mol. The maximum Gasteiger partial charge on any atom is 0.165 e. The lowest BCUT2D eigenvalue weighted by atomic mass is 9.67. The third-order valence-electron chi connectivity index (χ3n) is 11.8. The van der Waals surface area contributed by atoms with Crippen molar-refractivity contribution >= 4 is 31.5 Å². The van der Waals surface area contributed by atoms with Gasteiger partial charge >= 0.3 is 0 Å². The lowest BCUT2D eigenvalue weighted by molar-refractivity contribution is 0.769. The molecule has 0 fully saturated rings. The average Bonchev–Trinajstić information content (AvgIpc) is 3.94. The Bertz CT molecular complexity index is 3950. The molecule has 9 aromatic carbocycles. The van der Waals surface area contributed by atoms with Crippen LogP contribution in [-0.2, 0) is 5.41 Å². The Labute approximate surface area is 378 Å². The zero-order chi connectivity index (χ0) is 49.7. The van der Waals surface area contributed by atoms with Crippen LogP contribution in [0.15, 0.2) is 224 Å². The Morgan fingerprint density at radius 2 is 0.871 bits per heavy atom. The van der Waals surface area contributed by atoms with E-state index in [1.807, 2.05) is 121 Å². The van der Waals surface area contributed by atoms with Gasteiger partial charge in [-0.15, -0.1) is 11.3 Å². The summed E-state index contributed by atoms with van der Waals surface area (Å²) >= 11 is 1.68. The number of hydrogen-bond acceptors (Lipinski definition) is 4. The first-order valence-electron chi connectivity index (χ1n) is 25.2. The van der Waals surface area contributed by atoms with Crippen LogP contribution in [0.3, 0.4) is 0 Å². The molecule has 2 heterocycles. The molecule has 0 unspecified atom stereocenters. The van der Waals surface area contributed by atoms with Gasteiger partial charge in [0.1, 0.15) is 0 Å². The monoisotopic (exact) mass is 817 g/mol. The molecule has 0 saturated carbocycles. The highest BCUT2D eigenvalue weighted by molar-refractivity contribution is 7.26. The Hall–Kier alpha value is -7.79. The second-order valence-corrected chi connectivity index (χ2v) is 16.2. The summed E-state index contributed by atoms with van der Waals surface area (Å²) in [5.74, 6) is 1.29. The van der Waals surface area contributed by atoms with E-state index < -0.39 is 65.8 Å². The van der Waals surface area contributed by atoms with Crippen LogP contribution in [0.1, 0.15) is 36.0 Å². The van der Waals surface area contributed by atoms with E-state index in [1.165, 1.54) is 0 Å². The summed E-state index contributed by atoms with van der Waals surface area (Å²) < 4.78 is 93.0. The van der Waals surface area contributed by atoms with E-state index in [0.717, 1.165) is 42.4 Å². The van der Waals surface area contributed by atoms with E-state index in [1.54, 1.807) is 23.5 Å². The minimum Gasteiger partial charge on any atom is -0.208 e. The summed E-state index contributed by atoms with van der Waals surface area (Å²) in [6.07, 6.45) is 0. The predicted octanol–water partition coefficient (Wildman–Crippen LogP) is 14.9.